The first-order chi connectivity index (χ1) is 8.23. The van der Waals surface area contributed by atoms with Crippen molar-refractivity contribution in [2.75, 3.05) is 19.6 Å². The van der Waals surface area contributed by atoms with Crippen LogP contribution in [0.1, 0.15) is 20.8 Å². The minimum atomic E-state index is -1.30. The van der Waals surface area contributed by atoms with Crippen molar-refractivity contribution < 1.29 is 19.5 Å². The van der Waals surface area contributed by atoms with Crippen LogP contribution in [0.2, 0.25) is 0 Å². The van der Waals surface area contributed by atoms with Crippen molar-refractivity contribution in [3.63, 3.8) is 0 Å². The lowest BCUT2D eigenvalue weighted by molar-refractivity contribution is -0.147. The number of amides is 4. The van der Waals surface area contributed by atoms with Crippen LogP contribution in [0.4, 0.5) is 9.59 Å². The van der Waals surface area contributed by atoms with Gasteiger partial charge in [-0.1, -0.05) is 0 Å². The Hall–Kier alpha value is -1.99. The highest BCUT2D eigenvalue weighted by Gasteiger charge is 2.36. The number of nitrogens with zero attached hydrogens (tertiary/aromatic N) is 1. The summed E-state index contributed by atoms with van der Waals surface area (Å²) in [5, 5.41) is 13.9. The number of nitrogens with two attached hydrogens (primary N) is 1. The number of carbonyl (C=O) groups is 3. The number of primary amides is 1. The number of carboxylic acids is 1. The maximum atomic E-state index is 11.8. The Balaban J connectivity index is 4.37. The van der Waals surface area contributed by atoms with E-state index in [9.17, 15) is 14.4 Å². The molecular weight excluding hydrogens is 240 g/mol. The monoisotopic (exact) mass is 260 g/mol. The Morgan fingerprint density at radius 3 is 2.11 bits per heavy atom. The van der Waals surface area contributed by atoms with E-state index >= 15 is 0 Å². The van der Waals surface area contributed by atoms with E-state index in [-0.39, 0.29) is 19.6 Å². The maximum absolute atomic E-state index is 11.8. The minimum Gasteiger partial charge on any atom is -0.480 e. The molecule has 0 unspecified atom stereocenters. The SMILES string of the molecule is CCN(C(=O)NCCNC(N)=O)C(C)(C)C(=O)O. The highest BCUT2D eigenvalue weighted by Crippen LogP contribution is 2.14. The van der Waals surface area contributed by atoms with Crippen LogP contribution in [0, 0.1) is 0 Å². The van der Waals surface area contributed by atoms with E-state index in [0.717, 1.165) is 0 Å². The molecule has 0 aromatic heterocycles. The van der Waals surface area contributed by atoms with Crippen molar-refractivity contribution in [3.8, 4) is 0 Å². The average molecular weight is 260 g/mol. The fraction of sp³-hybridized carbons (Fsp3) is 0.700. The normalized spacial score (nSPS) is 10.6. The zero-order valence-corrected chi connectivity index (χ0v) is 10.8. The summed E-state index contributed by atoms with van der Waals surface area (Å²) in [4.78, 5) is 34.4. The van der Waals surface area contributed by atoms with Crippen molar-refractivity contribution in [2.24, 2.45) is 5.73 Å². The maximum Gasteiger partial charge on any atom is 0.329 e. The van der Waals surface area contributed by atoms with E-state index in [1.165, 1.54) is 18.7 Å². The van der Waals surface area contributed by atoms with E-state index in [1.807, 2.05) is 0 Å². The molecule has 0 radical (unpaired) electrons. The van der Waals surface area contributed by atoms with Crippen molar-refractivity contribution >= 4 is 18.0 Å². The molecule has 8 nitrogen and oxygen atoms in total. The molecule has 5 N–H and O–H groups in total. The van der Waals surface area contributed by atoms with Crippen molar-refractivity contribution in [1.29, 1.82) is 0 Å². The highest BCUT2D eigenvalue weighted by molar-refractivity contribution is 5.85. The predicted molar refractivity (Wildman–Crippen MR) is 65.1 cm³/mol. The third kappa shape index (κ3) is 4.48. The van der Waals surface area contributed by atoms with Crippen LogP contribution in [0.3, 0.4) is 0 Å². The van der Waals surface area contributed by atoms with Gasteiger partial charge in [-0.2, -0.15) is 0 Å². The summed E-state index contributed by atoms with van der Waals surface area (Å²) >= 11 is 0. The molecular formula is C10H20N4O4. The number of hydrogen-bond donors (Lipinski definition) is 4. The van der Waals surface area contributed by atoms with Gasteiger partial charge in [0.1, 0.15) is 5.54 Å². The van der Waals surface area contributed by atoms with Crippen LogP contribution >= 0.6 is 0 Å². The number of urea groups is 2. The van der Waals surface area contributed by atoms with E-state index in [4.69, 9.17) is 10.8 Å². The molecule has 8 heteroatoms. The third-order valence-electron chi connectivity index (χ3n) is 2.46. The van der Waals surface area contributed by atoms with Gasteiger partial charge >= 0.3 is 18.0 Å². The van der Waals surface area contributed by atoms with E-state index < -0.39 is 23.6 Å². The van der Waals surface area contributed by atoms with Crippen LogP contribution in [0.5, 0.6) is 0 Å². The van der Waals surface area contributed by atoms with Gasteiger partial charge in [-0.3, -0.25) is 0 Å². The number of carboxylic acid groups (broad SMARTS) is 1. The van der Waals surface area contributed by atoms with Crippen molar-refractivity contribution in [2.45, 2.75) is 26.3 Å². The molecule has 0 spiro atoms. The average Bonchev–Trinajstić information content (AvgIpc) is 2.24. The molecule has 0 saturated heterocycles. The van der Waals surface area contributed by atoms with Gasteiger partial charge in [0.2, 0.25) is 0 Å². The van der Waals surface area contributed by atoms with Gasteiger partial charge in [0, 0.05) is 19.6 Å². The second kappa shape index (κ2) is 6.67. The number of nitrogens with one attached hydrogen (secondary N) is 2. The summed E-state index contributed by atoms with van der Waals surface area (Å²) in [7, 11) is 0. The first-order valence-electron chi connectivity index (χ1n) is 5.55. The molecule has 0 heterocycles. The molecule has 0 aliphatic carbocycles. The van der Waals surface area contributed by atoms with E-state index in [1.54, 1.807) is 6.92 Å². The largest absolute Gasteiger partial charge is 0.480 e. The fourth-order valence-electron chi connectivity index (χ4n) is 1.36. The highest BCUT2D eigenvalue weighted by atomic mass is 16.4. The molecule has 0 aliphatic heterocycles. The minimum absolute atomic E-state index is 0.175. The molecule has 0 rings (SSSR count). The fourth-order valence-corrected chi connectivity index (χ4v) is 1.36. The Bertz CT molecular complexity index is 330. The predicted octanol–water partition coefficient (Wildman–Crippen LogP) is -0.451. The summed E-state index contributed by atoms with van der Waals surface area (Å²) in [6.07, 6.45) is 0. The van der Waals surface area contributed by atoms with Crippen LogP contribution in [0.15, 0.2) is 0 Å². The molecule has 0 saturated carbocycles. The molecule has 4 amide bonds. The second-order valence-corrected chi connectivity index (χ2v) is 4.13. The number of likely N-dealkylation sites (N-methyl/N-ethyl adjacent to an activating group) is 1. The van der Waals surface area contributed by atoms with Gasteiger partial charge in [-0.25, -0.2) is 14.4 Å². The van der Waals surface area contributed by atoms with E-state index in [2.05, 4.69) is 10.6 Å². The number of aliphatic carboxylic acids is 1. The van der Waals surface area contributed by atoms with Gasteiger partial charge < -0.3 is 26.4 Å². The number of rotatable bonds is 6. The van der Waals surface area contributed by atoms with Crippen LogP contribution in [-0.2, 0) is 4.79 Å². The Morgan fingerprint density at radius 2 is 1.72 bits per heavy atom. The number of hydrogen-bond acceptors (Lipinski definition) is 3. The van der Waals surface area contributed by atoms with Gasteiger partial charge in [-0.15, -0.1) is 0 Å². The standard InChI is InChI=1S/C10H20N4O4/c1-4-14(10(2,3)7(15)16)9(18)13-6-5-12-8(11)17/h4-6H2,1-3H3,(H,13,18)(H,15,16)(H3,11,12,17). The van der Waals surface area contributed by atoms with Gasteiger partial charge in [0.05, 0.1) is 0 Å². The number of carbonyl (C=O) groups excluding carboxylic acids is 2. The zero-order chi connectivity index (χ0) is 14.3. The smallest absolute Gasteiger partial charge is 0.329 e. The second-order valence-electron chi connectivity index (χ2n) is 4.13. The first kappa shape index (κ1) is 16.0. The Labute approximate surface area is 106 Å². The summed E-state index contributed by atoms with van der Waals surface area (Å²) in [6, 6.07) is -1.18. The lowest BCUT2D eigenvalue weighted by Gasteiger charge is -2.34. The zero-order valence-electron chi connectivity index (χ0n) is 10.8. The van der Waals surface area contributed by atoms with Crippen LogP contribution in [0.25, 0.3) is 0 Å². The quantitative estimate of drug-likeness (QED) is 0.483. The lowest BCUT2D eigenvalue weighted by Crippen LogP contribution is -2.56. The van der Waals surface area contributed by atoms with Crippen molar-refractivity contribution in [1.82, 2.24) is 15.5 Å². The Morgan fingerprint density at radius 1 is 1.22 bits per heavy atom. The molecule has 0 aromatic carbocycles. The first-order valence-corrected chi connectivity index (χ1v) is 5.55. The van der Waals surface area contributed by atoms with Crippen LogP contribution in [-0.4, -0.2) is 53.2 Å². The molecule has 104 valence electrons. The van der Waals surface area contributed by atoms with Crippen LogP contribution < -0.4 is 16.4 Å². The van der Waals surface area contributed by atoms with Crippen molar-refractivity contribution in [3.05, 3.63) is 0 Å². The van der Waals surface area contributed by atoms with Gasteiger partial charge in [0.15, 0.2) is 0 Å². The molecule has 0 bridgehead atoms. The molecule has 0 aliphatic rings. The topological polar surface area (TPSA) is 125 Å². The summed E-state index contributed by atoms with van der Waals surface area (Å²) in [5.74, 6) is -1.09. The summed E-state index contributed by atoms with van der Waals surface area (Å²) < 4.78 is 0. The summed E-state index contributed by atoms with van der Waals surface area (Å²) in [5.41, 5.74) is 3.56. The van der Waals surface area contributed by atoms with Gasteiger partial charge in [0.25, 0.3) is 0 Å². The molecule has 0 aromatic rings. The van der Waals surface area contributed by atoms with Gasteiger partial charge in [-0.05, 0) is 20.8 Å². The van der Waals surface area contributed by atoms with E-state index in [0.29, 0.717) is 0 Å². The lowest BCUT2D eigenvalue weighted by atomic mass is 10.0. The third-order valence-corrected chi connectivity index (χ3v) is 2.46. The molecule has 18 heavy (non-hydrogen) atoms. The molecule has 0 atom stereocenters. The molecule has 0 fully saturated rings. The Kier molecular flexibility index (Phi) is 5.94. The summed E-state index contributed by atoms with van der Waals surface area (Å²) in [6.45, 7) is 5.19.